The minimum absolute atomic E-state index is 0.326. The van der Waals surface area contributed by atoms with Gasteiger partial charge in [-0.1, -0.05) is 18.9 Å². The van der Waals surface area contributed by atoms with Crippen LogP contribution in [0.4, 0.5) is 0 Å². The molecule has 0 aromatic heterocycles. The Hall–Kier alpha value is -2.93. The maximum absolute atomic E-state index is 10.8. The summed E-state index contributed by atoms with van der Waals surface area (Å²) in [4.78, 5) is 13.3. The van der Waals surface area contributed by atoms with Crippen LogP contribution < -0.4 is 24.7 Å². The largest absolute Gasteiger partial charge is 0.493 e. The lowest BCUT2D eigenvalue weighted by atomic mass is 9.64. The molecule has 7 nitrogen and oxygen atoms in total. The van der Waals surface area contributed by atoms with E-state index in [0.717, 1.165) is 17.4 Å². The van der Waals surface area contributed by atoms with Crippen molar-refractivity contribution in [1.29, 1.82) is 0 Å². The minimum atomic E-state index is -0.485. The molecule has 180 valence electrons. The third-order valence-electron chi connectivity index (χ3n) is 6.92. The van der Waals surface area contributed by atoms with E-state index in [-0.39, 0.29) is 0 Å². The Bertz CT molecular complexity index is 964. The Labute approximate surface area is 196 Å². The van der Waals surface area contributed by atoms with Crippen LogP contribution in [-0.4, -0.2) is 59.4 Å². The van der Waals surface area contributed by atoms with Gasteiger partial charge in [0, 0.05) is 24.1 Å². The number of likely N-dealkylation sites (tertiary alicyclic amines) is 1. The summed E-state index contributed by atoms with van der Waals surface area (Å²) in [5, 5.41) is 0. The number of hydrogen-bond donors (Lipinski definition) is 1. The Morgan fingerprint density at radius 2 is 1.52 bits per heavy atom. The molecule has 33 heavy (non-hydrogen) atoms. The maximum Gasteiger partial charge on any atom is 0.248 e. The summed E-state index contributed by atoms with van der Waals surface area (Å²) in [5.74, 6) is 3.07. The highest BCUT2D eigenvalue weighted by atomic mass is 16.5. The number of methoxy groups -OCH3 is 4. The van der Waals surface area contributed by atoms with Gasteiger partial charge in [0.25, 0.3) is 0 Å². The highest BCUT2D eigenvalue weighted by Crippen LogP contribution is 2.49. The van der Waals surface area contributed by atoms with Crippen molar-refractivity contribution in [3.8, 4) is 23.0 Å². The van der Waals surface area contributed by atoms with Crippen LogP contribution in [-0.2, 0) is 5.41 Å². The molecule has 2 aromatic rings. The molecule has 2 aliphatic rings. The highest BCUT2D eigenvalue weighted by Gasteiger charge is 2.47. The van der Waals surface area contributed by atoms with Gasteiger partial charge in [0.1, 0.15) is 0 Å². The average molecular weight is 457 g/mol. The molecule has 7 heteroatoms. The summed E-state index contributed by atoms with van der Waals surface area (Å²) in [6, 6.07) is 11.3. The number of hydrogen-bond acceptors (Lipinski definition) is 6. The topological polar surface area (TPSA) is 83.2 Å². The number of carbonyl (C=O) groups is 1. The molecule has 1 aliphatic heterocycles. The van der Waals surface area contributed by atoms with E-state index in [9.17, 15) is 4.79 Å². The van der Waals surface area contributed by atoms with Crippen LogP contribution in [0, 0.1) is 5.92 Å². The van der Waals surface area contributed by atoms with Crippen molar-refractivity contribution < 1.29 is 23.7 Å². The number of carbonyl (C=O) groups excluding carboxylic acids is 1. The van der Waals surface area contributed by atoms with Crippen LogP contribution in [0.2, 0.25) is 0 Å². The molecule has 1 amide bonds. The van der Waals surface area contributed by atoms with E-state index in [1.807, 2.05) is 0 Å². The third kappa shape index (κ3) is 5.19. The van der Waals surface area contributed by atoms with E-state index in [4.69, 9.17) is 24.7 Å². The molecule has 2 aromatic carbocycles. The quantitative estimate of drug-likeness (QED) is 0.710. The fourth-order valence-corrected chi connectivity index (χ4v) is 5.31. The zero-order valence-electron chi connectivity index (χ0n) is 20.3. The summed E-state index contributed by atoms with van der Waals surface area (Å²) in [7, 11) is 8.70. The first-order valence-electron chi connectivity index (χ1n) is 11.3. The van der Waals surface area contributed by atoms with Crippen LogP contribution in [0.1, 0.15) is 41.6 Å². The summed E-state index contributed by atoms with van der Waals surface area (Å²) in [6.45, 7) is 2.40. The lowest BCUT2D eigenvalue weighted by Gasteiger charge is -2.39. The SMILES string of the molecule is COc1ccc(C(N)=O)cc1OC.COc1ccc([C@@]23CCCC[C@@H]2CN(C)C3)cc1OC. The zero-order valence-corrected chi connectivity index (χ0v) is 20.3. The van der Waals surface area contributed by atoms with Gasteiger partial charge in [0.2, 0.25) is 5.91 Å². The number of primary amides is 1. The normalized spacial score (nSPS) is 21.9. The zero-order chi connectivity index (χ0) is 24.0. The number of benzene rings is 2. The van der Waals surface area contributed by atoms with Crippen LogP contribution >= 0.6 is 0 Å². The number of likely N-dealkylation sites (N-methyl/N-ethyl adjacent to an activating group) is 1. The highest BCUT2D eigenvalue weighted by molar-refractivity contribution is 5.93. The average Bonchev–Trinajstić information content (AvgIpc) is 3.20. The second-order valence-corrected chi connectivity index (χ2v) is 8.80. The molecule has 1 saturated heterocycles. The van der Waals surface area contributed by atoms with Gasteiger partial charge in [-0.15, -0.1) is 0 Å². The molecule has 1 heterocycles. The smallest absolute Gasteiger partial charge is 0.248 e. The van der Waals surface area contributed by atoms with Gasteiger partial charge >= 0.3 is 0 Å². The molecule has 2 atom stereocenters. The Morgan fingerprint density at radius 3 is 2.12 bits per heavy atom. The van der Waals surface area contributed by atoms with Crippen molar-refractivity contribution in [1.82, 2.24) is 4.90 Å². The predicted molar refractivity (Wildman–Crippen MR) is 129 cm³/mol. The lowest BCUT2D eigenvalue weighted by Crippen LogP contribution is -2.37. The molecular formula is C26H36N2O5. The summed E-state index contributed by atoms with van der Waals surface area (Å²) in [5.41, 5.74) is 7.25. The van der Waals surface area contributed by atoms with Crippen LogP contribution in [0.25, 0.3) is 0 Å². The molecule has 2 fully saturated rings. The van der Waals surface area contributed by atoms with E-state index >= 15 is 0 Å². The molecular weight excluding hydrogens is 420 g/mol. The molecule has 0 unspecified atom stereocenters. The minimum Gasteiger partial charge on any atom is -0.493 e. The van der Waals surface area contributed by atoms with E-state index in [2.05, 4.69) is 30.1 Å². The fraction of sp³-hybridized carbons (Fsp3) is 0.500. The van der Waals surface area contributed by atoms with Gasteiger partial charge in [-0.2, -0.15) is 0 Å². The number of nitrogens with two attached hydrogens (primary N) is 1. The van der Waals surface area contributed by atoms with Crippen molar-refractivity contribution in [2.45, 2.75) is 31.1 Å². The van der Waals surface area contributed by atoms with Gasteiger partial charge < -0.3 is 29.6 Å². The summed E-state index contributed by atoms with van der Waals surface area (Å²) < 4.78 is 20.9. The van der Waals surface area contributed by atoms with Gasteiger partial charge in [-0.05, 0) is 61.7 Å². The van der Waals surface area contributed by atoms with Crippen LogP contribution in [0.15, 0.2) is 36.4 Å². The number of fused-ring (bicyclic) bond motifs is 1. The summed E-state index contributed by atoms with van der Waals surface area (Å²) in [6.07, 6.45) is 5.39. The maximum atomic E-state index is 10.8. The van der Waals surface area contributed by atoms with Crippen molar-refractivity contribution in [3.05, 3.63) is 47.5 Å². The molecule has 0 bridgehead atoms. The molecule has 0 spiro atoms. The Balaban J connectivity index is 0.000000205. The molecule has 1 saturated carbocycles. The van der Waals surface area contributed by atoms with Crippen molar-refractivity contribution in [2.24, 2.45) is 11.7 Å². The third-order valence-corrected chi connectivity index (χ3v) is 6.92. The Kier molecular flexibility index (Phi) is 8.08. The monoisotopic (exact) mass is 456 g/mol. The van der Waals surface area contributed by atoms with Crippen molar-refractivity contribution >= 4 is 5.91 Å². The van der Waals surface area contributed by atoms with E-state index in [1.165, 1.54) is 58.6 Å². The Morgan fingerprint density at radius 1 is 0.909 bits per heavy atom. The van der Waals surface area contributed by atoms with Gasteiger partial charge in [0.15, 0.2) is 23.0 Å². The van der Waals surface area contributed by atoms with Gasteiger partial charge in [-0.3, -0.25) is 4.79 Å². The number of amides is 1. The second kappa shape index (κ2) is 10.8. The van der Waals surface area contributed by atoms with Crippen LogP contribution in [0.5, 0.6) is 23.0 Å². The number of rotatable bonds is 6. The van der Waals surface area contributed by atoms with E-state index in [0.29, 0.717) is 22.5 Å². The first-order valence-corrected chi connectivity index (χ1v) is 11.3. The fourth-order valence-electron chi connectivity index (χ4n) is 5.31. The molecule has 1 aliphatic carbocycles. The molecule has 2 N–H and O–H groups in total. The number of ether oxygens (including phenoxy) is 4. The van der Waals surface area contributed by atoms with Crippen molar-refractivity contribution in [3.63, 3.8) is 0 Å². The first-order chi connectivity index (χ1) is 15.9. The van der Waals surface area contributed by atoms with Gasteiger partial charge in [-0.25, -0.2) is 0 Å². The molecule has 4 rings (SSSR count). The van der Waals surface area contributed by atoms with Gasteiger partial charge in [0.05, 0.1) is 28.4 Å². The lowest BCUT2D eigenvalue weighted by molar-refractivity contribution is 0.1000. The standard InChI is InChI=1S/C17H25NO2.C9H11NO3/c1-18-11-14-6-4-5-9-17(14,12-18)13-7-8-15(19-2)16(10-13)20-3;1-12-7-4-3-6(9(10)11)5-8(7)13-2/h7-8,10,14H,4-6,9,11-12H2,1-3H3;3-5H,1-2H3,(H2,10,11)/t14-,17+;/m1./s1. The second-order valence-electron chi connectivity index (χ2n) is 8.80. The predicted octanol–water partition coefficient (Wildman–Crippen LogP) is 3.88. The molecule has 0 radical (unpaired) electrons. The van der Waals surface area contributed by atoms with E-state index < -0.39 is 5.91 Å². The van der Waals surface area contributed by atoms with Crippen molar-refractivity contribution in [2.75, 3.05) is 48.6 Å². The number of nitrogens with zero attached hydrogens (tertiary/aromatic N) is 1. The first kappa shape index (κ1) is 24.7. The van der Waals surface area contributed by atoms with E-state index in [1.54, 1.807) is 32.4 Å². The summed E-state index contributed by atoms with van der Waals surface area (Å²) >= 11 is 0. The van der Waals surface area contributed by atoms with Crippen LogP contribution in [0.3, 0.4) is 0 Å².